The van der Waals surface area contributed by atoms with Crippen LogP contribution in [-0.4, -0.2) is 46.5 Å². The molecule has 0 bridgehead atoms. The summed E-state index contributed by atoms with van der Waals surface area (Å²) >= 11 is 0. The fraction of sp³-hybridized carbons (Fsp3) is 0.667. The summed E-state index contributed by atoms with van der Waals surface area (Å²) in [5, 5.41) is 6.06. The van der Waals surface area contributed by atoms with E-state index in [-0.39, 0.29) is 23.9 Å². The fourth-order valence-electron chi connectivity index (χ4n) is 5.80. The van der Waals surface area contributed by atoms with E-state index in [0.29, 0.717) is 18.8 Å². The van der Waals surface area contributed by atoms with Gasteiger partial charge in [-0.25, -0.2) is 4.79 Å². The van der Waals surface area contributed by atoms with Crippen LogP contribution >= 0.6 is 0 Å². The van der Waals surface area contributed by atoms with Gasteiger partial charge in [0.05, 0.1) is 6.04 Å². The van der Waals surface area contributed by atoms with Crippen LogP contribution in [-0.2, 0) is 20.7 Å². The van der Waals surface area contributed by atoms with Gasteiger partial charge in [-0.1, -0.05) is 31.2 Å². The van der Waals surface area contributed by atoms with Crippen LogP contribution in [0.4, 0.5) is 4.79 Å². The Hall–Kier alpha value is -2.57. The second-order valence-electron chi connectivity index (χ2n) is 11.3. The van der Waals surface area contributed by atoms with Gasteiger partial charge in [0.15, 0.2) is 0 Å². The number of nitrogens with one attached hydrogen (secondary N) is 2. The smallest absolute Gasteiger partial charge is 0.408 e. The number of nitrogens with zero attached hydrogens (tertiary/aromatic N) is 1. The van der Waals surface area contributed by atoms with Crippen LogP contribution in [0, 0.1) is 5.92 Å². The van der Waals surface area contributed by atoms with Crippen LogP contribution < -0.4 is 10.6 Å². The summed E-state index contributed by atoms with van der Waals surface area (Å²) in [5.41, 5.74) is 1.84. The highest BCUT2D eigenvalue weighted by Crippen LogP contribution is 2.35. The lowest BCUT2D eigenvalue weighted by atomic mass is 9.87. The molecular formula is C27H39N3O4. The Kier molecular flexibility index (Phi) is 7.20. The Balaban J connectivity index is 1.50. The molecule has 2 aliphatic heterocycles. The first-order valence-electron chi connectivity index (χ1n) is 12.8. The zero-order chi connectivity index (χ0) is 24.5. The SMILES string of the molecule is C[C@@H]1CC[C@H](NC(=O)OC(C)(C)C)C(=O)N2[C@H](CC[C@H]2C(=O)N[C@@H]2CCCc3ccccc32)C1. The van der Waals surface area contributed by atoms with Crippen LogP contribution in [0.25, 0.3) is 0 Å². The van der Waals surface area contributed by atoms with E-state index in [0.717, 1.165) is 38.5 Å². The Morgan fingerprint density at radius 3 is 2.53 bits per heavy atom. The minimum absolute atomic E-state index is 0.0176. The van der Waals surface area contributed by atoms with Crippen LogP contribution in [0.1, 0.15) is 89.8 Å². The number of hydrogen-bond acceptors (Lipinski definition) is 4. The maximum atomic E-state index is 13.7. The van der Waals surface area contributed by atoms with Gasteiger partial charge in [0, 0.05) is 6.04 Å². The summed E-state index contributed by atoms with van der Waals surface area (Å²) in [6, 6.07) is 7.13. The molecule has 186 valence electrons. The summed E-state index contributed by atoms with van der Waals surface area (Å²) in [4.78, 5) is 41.4. The van der Waals surface area contributed by atoms with Gasteiger partial charge >= 0.3 is 6.09 Å². The van der Waals surface area contributed by atoms with Crippen molar-refractivity contribution in [2.45, 2.75) is 109 Å². The number of carbonyl (C=O) groups excluding carboxylic acids is 3. The predicted molar refractivity (Wildman–Crippen MR) is 130 cm³/mol. The number of hydrogen-bond donors (Lipinski definition) is 2. The highest BCUT2D eigenvalue weighted by atomic mass is 16.6. The van der Waals surface area contributed by atoms with Crippen molar-refractivity contribution in [3.05, 3.63) is 35.4 Å². The molecule has 1 aromatic rings. The zero-order valence-electron chi connectivity index (χ0n) is 20.9. The van der Waals surface area contributed by atoms with E-state index >= 15 is 0 Å². The minimum atomic E-state index is -0.677. The summed E-state index contributed by atoms with van der Waals surface area (Å²) < 4.78 is 5.41. The average molecular weight is 470 g/mol. The highest BCUT2D eigenvalue weighted by Gasteiger charge is 2.45. The molecule has 0 radical (unpaired) electrons. The molecule has 0 aromatic heterocycles. The van der Waals surface area contributed by atoms with E-state index in [1.54, 1.807) is 25.7 Å². The van der Waals surface area contributed by atoms with Crippen molar-refractivity contribution in [1.82, 2.24) is 15.5 Å². The number of ether oxygens (including phenoxy) is 1. The first-order valence-corrected chi connectivity index (χ1v) is 12.8. The van der Waals surface area contributed by atoms with E-state index in [1.165, 1.54) is 11.1 Å². The van der Waals surface area contributed by atoms with Crippen LogP contribution in [0.15, 0.2) is 24.3 Å². The zero-order valence-corrected chi connectivity index (χ0v) is 20.9. The molecular weight excluding hydrogens is 430 g/mol. The molecule has 7 nitrogen and oxygen atoms in total. The van der Waals surface area contributed by atoms with Gasteiger partial charge < -0.3 is 20.3 Å². The van der Waals surface area contributed by atoms with Gasteiger partial charge in [0.25, 0.3) is 0 Å². The molecule has 34 heavy (non-hydrogen) atoms. The molecule has 1 aromatic carbocycles. The lowest BCUT2D eigenvalue weighted by Gasteiger charge is -2.37. The molecule has 7 heteroatoms. The number of fused-ring (bicyclic) bond motifs is 2. The van der Waals surface area contributed by atoms with Gasteiger partial charge in [-0.2, -0.15) is 0 Å². The molecule has 0 unspecified atom stereocenters. The quantitative estimate of drug-likeness (QED) is 0.693. The standard InChI is InChI=1S/C27H39N3O4/c1-17-12-14-22(29-26(33)34-27(2,3)4)25(32)30-19(16-17)13-15-23(30)24(31)28-21-11-7-9-18-8-5-6-10-20(18)21/h5-6,8,10,17,19,21-23H,7,9,11-16H2,1-4H3,(H,28,31)(H,29,33)/t17-,19-,21-,22+,23+/m1/s1. The Bertz CT molecular complexity index is 925. The number of alkyl carbamates (subject to hydrolysis) is 1. The number of benzene rings is 1. The molecule has 2 heterocycles. The van der Waals surface area contributed by atoms with E-state index in [2.05, 4.69) is 29.7 Å². The Labute approximate surface area is 203 Å². The van der Waals surface area contributed by atoms with Crippen molar-refractivity contribution >= 4 is 17.9 Å². The van der Waals surface area contributed by atoms with Crippen molar-refractivity contribution in [2.75, 3.05) is 0 Å². The molecule has 2 fully saturated rings. The molecule has 3 amide bonds. The van der Waals surface area contributed by atoms with Gasteiger partial charge in [-0.3, -0.25) is 9.59 Å². The minimum Gasteiger partial charge on any atom is -0.444 e. The summed E-state index contributed by atoms with van der Waals surface area (Å²) in [7, 11) is 0. The van der Waals surface area contributed by atoms with Crippen molar-refractivity contribution in [3.63, 3.8) is 0 Å². The largest absolute Gasteiger partial charge is 0.444 e. The molecule has 4 rings (SSSR count). The second kappa shape index (κ2) is 9.96. The monoisotopic (exact) mass is 469 g/mol. The number of amides is 3. The van der Waals surface area contributed by atoms with Crippen molar-refractivity contribution in [2.24, 2.45) is 5.92 Å². The third-order valence-electron chi connectivity index (χ3n) is 7.36. The third kappa shape index (κ3) is 5.56. The first-order chi connectivity index (χ1) is 16.1. The number of rotatable bonds is 3. The fourth-order valence-corrected chi connectivity index (χ4v) is 5.80. The van der Waals surface area contributed by atoms with Gasteiger partial charge in [0.1, 0.15) is 17.7 Å². The van der Waals surface area contributed by atoms with Crippen molar-refractivity contribution < 1.29 is 19.1 Å². The number of aryl methyl sites for hydroxylation is 1. The average Bonchev–Trinajstić information content (AvgIpc) is 3.17. The topological polar surface area (TPSA) is 87.7 Å². The van der Waals surface area contributed by atoms with Crippen LogP contribution in [0.5, 0.6) is 0 Å². The predicted octanol–water partition coefficient (Wildman–Crippen LogP) is 4.25. The summed E-state index contributed by atoms with van der Waals surface area (Å²) in [6.07, 6.45) is 6.16. The number of carbonyl (C=O) groups is 3. The maximum absolute atomic E-state index is 13.7. The highest BCUT2D eigenvalue weighted by molar-refractivity contribution is 5.92. The van der Waals surface area contributed by atoms with E-state index in [4.69, 9.17) is 4.74 Å². The summed E-state index contributed by atoms with van der Waals surface area (Å²) in [6.45, 7) is 7.59. The Morgan fingerprint density at radius 1 is 1.00 bits per heavy atom. The van der Waals surface area contributed by atoms with Crippen molar-refractivity contribution in [3.8, 4) is 0 Å². The molecule has 1 aliphatic carbocycles. The molecule has 0 saturated carbocycles. The molecule has 0 spiro atoms. The van der Waals surface area contributed by atoms with E-state index in [9.17, 15) is 14.4 Å². The molecule has 2 saturated heterocycles. The molecule has 3 aliphatic rings. The molecule has 2 N–H and O–H groups in total. The van der Waals surface area contributed by atoms with Gasteiger partial charge in [0.2, 0.25) is 11.8 Å². The Morgan fingerprint density at radius 2 is 1.76 bits per heavy atom. The lowest BCUT2D eigenvalue weighted by molar-refractivity contribution is -0.143. The normalized spacial score (nSPS) is 29.4. The second-order valence-corrected chi connectivity index (χ2v) is 11.3. The lowest BCUT2D eigenvalue weighted by Crippen LogP contribution is -2.57. The van der Waals surface area contributed by atoms with Crippen LogP contribution in [0.3, 0.4) is 0 Å². The van der Waals surface area contributed by atoms with E-state index in [1.807, 2.05) is 12.1 Å². The van der Waals surface area contributed by atoms with Gasteiger partial charge in [-0.15, -0.1) is 0 Å². The first kappa shape index (κ1) is 24.6. The van der Waals surface area contributed by atoms with Gasteiger partial charge in [-0.05, 0) is 89.2 Å². The third-order valence-corrected chi connectivity index (χ3v) is 7.36. The molecule has 5 atom stereocenters. The summed E-state index contributed by atoms with van der Waals surface area (Å²) in [5.74, 6) is 0.168. The van der Waals surface area contributed by atoms with E-state index < -0.39 is 23.8 Å². The van der Waals surface area contributed by atoms with Crippen molar-refractivity contribution in [1.29, 1.82) is 0 Å². The maximum Gasteiger partial charge on any atom is 0.408 e. The van der Waals surface area contributed by atoms with Crippen LogP contribution in [0.2, 0.25) is 0 Å².